The van der Waals surface area contributed by atoms with Gasteiger partial charge in [-0.3, -0.25) is 9.48 Å². The lowest BCUT2D eigenvalue weighted by Crippen LogP contribution is -2.42. The number of hydrogen-bond donors (Lipinski definition) is 2. The van der Waals surface area contributed by atoms with Crippen LogP contribution in [0.15, 0.2) is 6.20 Å². The second-order valence-electron chi connectivity index (χ2n) is 6.20. The average Bonchev–Trinajstić information content (AvgIpc) is 3.02. The fourth-order valence-corrected chi connectivity index (χ4v) is 3.54. The molecule has 2 aliphatic rings. The SMILES string of the molecule is Cc1c(CNC(=O)C2CC3CCCCC3N2)cnn1C. The fraction of sp³-hybridized carbons (Fsp3) is 0.733. The molecule has 2 N–H and O–H groups in total. The van der Waals surface area contributed by atoms with Crippen molar-refractivity contribution in [2.45, 2.75) is 57.7 Å². The lowest BCUT2D eigenvalue weighted by molar-refractivity contribution is -0.123. The molecule has 1 aromatic rings. The number of hydrogen-bond acceptors (Lipinski definition) is 3. The van der Waals surface area contributed by atoms with Gasteiger partial charge in [-0.05, 0) is 32.1 Å². The van der Waals surface area contributed by atoms with E-state index >= 15 is 0 Å². The highest BCUT2D eigenvalue weighted by atomic mass is 16.2. The molecule has 1 aliphatic carbocycles. The molecular weight excluding hydrogens is 252 g/mol. The number of carbonyl (C=O) groups excluding carboxylic acids is 1. The van der Waals surface area contributed by atoms with Crippen LogP contribution in [0.5, 0.6) is 0 Å². The molecule has 0 aromatic carbocycles. The molecule has 3 atom stereocenters. The Balaban J connectivity index is 1.53. The summed E-state index contributed by atoms with van der Waals surface area (Å²) in [4.78, 5) is 12.3. The van der Waals surface area contributed by atoms with Crippen LogP contribution in [0.1, 0.15) is 43.4 Å². The van der Waals surface area contributed by atoms with Crippen molar-refractivity contribution in [1.29, 1.82) is 0 Å². The van der Waals surface area contributed by atoms with Crippen LogP contribution in [0, 0.1) is 12.8 Å². The molecule has 3 unspecified atom stereocenters. The van der Waals surface area contributed by atoms with Gasteiger partial charge < -0.3 is 10.6 Å². The van der Waals surface area contributed by atoms with Gasteiger partial charge in [-0.25, -0.2) is 0 Å². The molecule has 5 heteroatoms. The first-order chi connectivity index (χ1) is 9.65. The third-order valence-electron chi connectivity index (χ3n) is 4.97. The predicted octanol–water partition coefficient (Wildman–Crippen LogP) is 1.27. The zero-order valence-corrected chi connectivity index (χ0v) is 12.4. The van der Waals surface area contributed by atoms with Crippen LogP contribution in [0.25, 0.3) is 0 Å². The molecule has 1 amide bonds. The molecule has 1 saturated carbocycles. The number of fused-ring (bicyclic) bond motifs is 1. The molecule has 3 rings (SSSR count). The molecule has 1 aliphatic heterocycles. The normalized spacial score (nSPS) is 29.2. The van der Waals surface area contributed by atoms with Gasteiger partial charge in [0.05, 0.1) is 12.2 Å². The van der Waals surface area contributed by atoms with E-state index in [-0.39, 0.29) is 11.9 Å². The fourth-order valence-electron chi connectivity index (χ4n) is 3.54. The summed E-state index contributed by atoms with van der Waals surface area (Å²) in [5.74, 6) is 0.849. The Morgan fingerprint density at radius 3 is 3.00 bits per heavy atom. The molecule has 1 saturated heterocycles. The Morgan fingerprint density at radius 2 is 2.30 bits per heavy atom. The smallest absolute Gasteiger partial charge is 0.237 e. The summed E-state index contributed by atoms with van der Waals surface area (Å²) in [5, 5.41) is 10.8. The van der Waals surface area contributed by atoms with Gasteiger partial charge in [-0.15, -0.1) is 0 Å². The van der Waals surface area contributed by atoms with Crippen molar-refractivity contribution < 1.29 is 4.79 Å². The summed E-state index contributed by atoms with van der Waals surface area (Å²) >= 11 is 0. The van der Waals surface area contributed by atoms with Crippen LogP contribution in [0.3, 0.4) is 0 Å². The quantitative estimate of drug-likeness (QED) is 0.874. The van der Waals surface area contributed by atoms with E-state index in [9.17, 15) is 4.79 Å². The minimum atomic E-state index is 0.0000718. The van der Waals surface area contributed by atoms with Crippen LogP contribution < -0.4 is 10.6 Å². The van der Waals surface area contributed by atoms with Crippen molar-refractivity contribution in [2.75, 3.05) is 0 Å². The Labute approximate surface area is 120 Å². The maximum absolute atomic E-state index is 12.3. The largest absolute Gasteiger partial charge is 0.351 e. The van der Waals surface area contributed by atoms with Crippen LogP contribution in [-0.4, -0.2) is 27.8 Å². The highest BCUT2D eigenvalue weighted by Gasteiger charge is 2.37. The van der Waals surface area contributed by atoms with Crippen molar-refractivity contribution >= 4 is 5.91 Å². The first kappa shape index (κ1) is 13.6. The van der Waals surface area contributed by atoms with Crippen LogP contribution in [0.4, 0.5) is 0 Å². The number of carbonyl (C=O) groups is 1. The Bertz CT molecular complexity index is 482. The monoisotopic (exact) mass is 276 g/mol. The van der Waals surface area contributed by atoms with E-state index in [4.69, 9.17) is 0 Å². The minimum Gasteiger partial charge on any atom is -0.351 e. The summed E-state index contributed by atoms with van der Waals surface area (Å²) in [6, 6.07) is 0.569. The van der Waals surface area contributed by atoms with Gasteiger partial charge in [-0.1, -0.05) is 12.8 Å². The number of rotatable bonds is 3. The summed E-state index contributed by atoms with van der Waals surface area (Å²) in [5.41, 5.74) is 2.20. The number of aromatic nitrogens is 2. The van der Waals surface area contributed by atoms with E-state index in [0.717, 1.165) is 17.7 Å². The van der Waals surface area contributed by atoms with Crippen molar-refractivity contribution in [2.24, 2.45) is 13.0 Å². The zero-order chi connectivity index (χ0) is 14.1. The highest BCUT2D eigenvalue weighted by Crippen LogP contribution is 2.33. The lowest BCUT2D eigenvalue weighted by Gasteiger charge is -2.24. The molecule has 20 heavy (non-hydrogen) atoms. The second kappa shape index (κ2) is 5.56. The minimum absolute atomic E-state index is 0.0000718. The molecule has 2 heterocycles. The Hall–Kier alpha value is -1.36. The van der Waals surface area contributed by atoms with Gasteiger partial charge in [0.15, 0.2) is 0 Å². The van der Waals surface area contributed by atoms with Crippen LogP contribution >= 0.6 is 0 Å². The van der Waals surface area contributed by atoms with Crippen molar-refractivity contribution in [3.05, 3.63) is 17.5 Å². The van der Waals surface area contributed by atoms with Gasteiger partial charge in [0.1, 0.15) is 0 Å². The summed E-state index contributed by atoms with van der Waals surface area (Å²) < 4.78 is 1.84. The van der Waals surface area contributed by atoms with E-state index in [1.807, 2.05) is 24.9 Å². The van der Waals surface area contributed by atoms with Gasteiger partial charge in [0.25, 0.3) is 0 Å². The summed E-state index contributed by atoms with van der Waals surface area (Å²) in [6.45, 7) is 2.60. The van der Waals surface area contributed by atoms with E-state index in [2.05, 4.69) is 15.7 Å². The molecule has 1 aromatic heterocycles. The molecular formula is C15H24N4O. The molecule has 0 spiro atoms. The Morgan fingerprint density at radius 1 is 1.50 bits per heavy atom. The average molecular weight is 276 g/mol. The van der Waals surface area contributed by atoms with Gasteiger partial charge in [0, 0.05) is 30.9 Å². The predicted molar refractivity (Wildman–Crippen MR) is 77.1 cm³/mol. The third kappa shape index (κ3) is 2.59. The van der Waals surface area contributed by atoms with E-state index in [1.54, 1.807) is 0 Å². The molecule has 2 fully saturated rings. The van der Waals surface area contributed by atoms with Crippen molar-refractivity contribution in [3.63, 3.8) is 0 Å². The summed E-state index contributed by atoms with van der Waals surface area (Å²) in [7, 11) is 1.92. The molecule has 0 radical (unpaired) electrons. The number of amides is 1. The highest BCUT2D eigenvalue weighted by molar-refractivity contribution is 5.82. The van der Waals surface area contributed by atoms with Gasteiger partial charge in [0.2, 0.25) is 5.91 Å². The van der Waals surface area contributed by atoms with Crippen LogP contribution in [-0.2, 0) is 18.4 Å². The summed E-state index contributed by atoms with van der Waals surface area (Å²) in [6.07, 6.45) is 7.97. The van der Waals surface area contributed by atoms with Gasteiger partial charge in [-0.2, -0.15) is 5.10 Å². The molecule has 0 bridgehead atoms. The Kier molecular flexibility index (Phi) is 3.78. The molecule has 5 nitrogen and oxygen atoms in total. The van der Waals surface area contributed by atoms with Crippen molar-refractivity contribution in [3.8, 4) is 0 Å². The number of aryl methyl sites for hydroxylation is 1. The maximum atomic E-state index is 12.3. The van der Waals surface area contributed by atoms with E-state index in [1.165, 1.54) is 25.7 Å². The standard InChI is InChI=1S/C15H24N4O/c1-10-12(9-17-19(10)2)8-16-15(20)14-7-11-5-3-4-6-13(11)18-14/h9,11,13-14,18H,3-8H2,1-2H3,(H,16,20). The first-order valence-corrected chi connectivity index (χ1v) is 7.66. The lowest BCUT2D eigenvalue weighted by atomic mass is 9.85. The zero-order valence-electron chi connectivity index (χ0n) is 12.4. The van der Waals surface area contributed by atoms with Gasteiger partial charge >= 0.3 is 0 Å². The number of nitrogens with one attached hydrogen (secondary N) is 2. The molecule has 110 valence electrons. The van der Waals surface area contributed by atoms with Crippen LogP contribution in [0.2, 0.25) is 0 Å². The maximum Gasteiger partial charge on any atom is 0.237 e. The van der Waals surface area contributed by atoms with E-state index in [0.29, 0.717) is 18.5 Å². The van der Waals surface area contributed by atoms with Crippen molar-refractivity contribution in [1.82, 2.24) is 20.4 Å². The number of nitrogens with zero attached hydrogens (tertiary/aromatic N) is 2. The third-order valence-corrected chi connectivity index (χ3v) is 4.97. The topological polar surface area (TPSA) is 59.0 Å². The second-order valence-corrected chi connectivity index (χ2v) is 6.20. The first-order valence-electron chi connectivity index (χ1n) is 7.66. The van der Waals surface area contributed by atoms with E-state index < -0.39 is 0 Å².